The molecule has 3 rings (SSSR count). The number of benzene rings is 1. The Morgan fingerprint density at radius 1 is 1.25 bits per heavy atom. The molecule has 2 N–H and O–H groups in total. The summed E-state index contributed by atoms with van der Waals surface area (Å²) in [4.78, 5) is 2.59. The smallest absolute Gasteiger partial charge is 0.0678 e. The van der Waals surface area contributed by atoms with Crippen LogP contribution in [-0.2, 0) is 16.7 Å². The van der Waals surface area contributed by atoms with E-state index in [0.29, 0.717) is 6.54 Å². The van der Waals surface area contributed by atoms with Gasteiger partial charge < -0.3 is 10.5 Å². The first kappa shape index (κ1) is 14.1. The van der Waals surface area contributed by atoms with Crippen LogP contribution in [-0.4, -0.2) is 36.7 Å². The number of nitrogens with two attached hydrogens (primary N) is 1. The molecule has 1 aliphatic heterocycles. The Balaban J connectivity index is 2.00. The minimum absolute atomic E-state index is 0.0150. The van der Waals surface area contributed by atoms with Crippen molar-refractivity contribution in [1.29, 1.82) is 0 Å². The quantitative estimate of drug-likeness (QED) is 0.899. The maximum Gasteiger partial charge on any atom is 0.0678 e. The Hall–Kier alpha value is -0.900. The minimum Gasteiger partial charge on any atom is -0.373 e. The number of fused-ring (bicyclic) bond motifs is 1. The van der Waals surface area contributed by atoms with E-state index in [4.69, 9.17) is 10.5 Å². The molecule has 1 fully saturated rings. The Morgan fingerprint density at radius 3 is 2.65 bits per heavy atom. The fraction of sp³-hybridized carbons (Fsp3) is 0.647. The molecule has 3 atom stereocenters. The summed E-state index contributed by atoms with van der Waals surface area (Å²) in [5.74, 6) is 0. The van der Waals surface area contributed by atoms with Gasteiger partial charge in [0.2, 0.25) is 0 Å². The minimum atomic E-state index is 0.0150. The van der Waals surface area contributed by atoms with Gasteiger partial charge in [0.05, 0.1) is 17.7 Å². The third kappa shape index (κ3) is 2.28. The van der Waals surface area contributed by atoms with Gasteiger partial charge in [0.25, 0.3) is 0 Å². The number of ether oxygens (including phenoxy) is 1. The van der Waals surface area contributed by atoms with Gasteiger partial charge in [-0.1, -0.05) is 24.3 Å². The Morgan fingerprint density at radius 2 is 1.95 bits per heavy atom. The second-order valence-corrected chi connectivity index (χ2v) is 6.41. The lowest BCUT2D eigenvalue weighted by Crippen LogP contribution is -2.59. The van der Waals surface area contributed by atoms with Crippen LogP contribution in [0.3, 0.4) is 0 Å². The molecular formula is C17H26N2O. The van der Waals surface area contributed by atoms with Crippen LogP contribution >= 0.6 is 0 Å². The predicted molar refractivity (Wildman–Crippen MR) is 81.7 cm³/mol. The van der Waals surface area contributed by atoms with Gasteiger partial charge in [0.1, 0.15) is 0 Å². The second-order valence-electron chi connectivity index (χ2n) is 6.41. The standard InChI is InChI=1S/C17H26N2O/c1-13-10-19(11-14(2)20-13)17(12-18)9-5-7-15-6-3-4-8-16(15)17/h3-4,6,8,13-14H,5,7,9-12,18H2,1-2H3. The van der Waals surface area contributed by atoms with Crippen LogP contribution in [0.1, 0.15) is 37.8 Å². The summed E-state index contributed by atoms with van der Waals surface area (Å²) in [6.07, 6.45) is 4.16. The van der Waals surface area contributed by atoms with E-state index < -0.39 is 0 Å². The molecule has 1 heterocycles. The molecular weight excluding hydrogens is 248 g/mol. The number of hydrogen-bond donors (Lipinski definition) is 1. The average molecular weight is 274 g/mol. The third-order valence-corrected chi connectivity index (χ3v) is 4.92. The molecule has 1 aromatic rings. The highest BCUT2D eigenvalue weighted by Gasteiger charge is 2.43. The first-order valence-corrected chi connectivity index (χ1v) is 7.84. The molecule has 0 amide bonds. The van der Waals surface area contributed by atoms with E-state index >= 15 is 0 Å². The third-order valence-electron chi connectivity index (χ3n) is 4.92. The first-order valence-electron chi connectivity index (χ1n) is 7.84. The van der Waals surface area contributed by atoms with Crippen LogP contribution in [0.15, 0.2) is 24.3 Å². The Bertz CT molecular complexity index is 466. The Kier molecular flexibility index (Phi) is 3.85. The molecule has 0 bridgehead atoms. The van der Waals surface area contributed by atoms with Gasteiger partial charge in [-0.2, -0.15) is 0 Å². The first-order chi connectivity index (χ1) is 9.65. The molecule has 0 aromatic heterocycles. The fourth-order valence-electron chi connectivity index (χ4n) is 4.10. The summed E-state index contributed by atoms with van der Waals surface area (Å²) < 4.78 is 5.90. The summed E-state index contributed by atoms with van der Waals surface area (Å²) in [6, 6.07) is 8.86. The molecule has 3 unspecified atom stereocenters. The lowest BCUT2D eigenvalue weighted by molar-refractivity contribution is -0.106. The zero-order valence-corrected chi connectivity index (χ0v) is 12.6. The number of morpholine rings is 1. The number of aryl methyl sites for hydroxylation is 1. The monoisotopic (exact) mass is 274 g/mol. The highest BCUT2D eigenvalue weighted by atomic mass is 16.5. The Labute approximate surface area is 122 Å². The van der Waals surface area contributed by atoms with E-state index in [1.54, 1.807) is 0 Å². The molecule has 110 valence electrons. The van der Waals surface area contributed by atoms with Gasteiger partial charge >= 0.3 is 0 Å². The van der Waals surface area contributed by atoms with Crippen molar-refractivity contribution in [2.24, 2.45) is 5.73 Å². The zero-order valence-electron chi connectivity index (χ0n) is 12.6. The molecule has 1 aliphatic carbocycles. The maximum atomic E-state index is 6.29. The molecule has 0 spiro atoms. The summed E-state index contributed by atoms with van der Waals surface area (Å²) >= 11 is 0. The van der Waals surface area contributed by atoms with Crippen molar-refractivity contribution in [3.8, 4) is 0 Å². The van der Waals surface area contributed by atoms with Gasteiger partial charge in [-0.3, -0.25) is 4.90 Å². The lowest BCUT2D eigenvalue weighted by atomic mass is 9.74. The van der Waals surface area contributed by atoms with E-state index in [1.807, 2.05) is 0 Å². The molecule has 3 nitrogen and oxygen atoms in total. The fourth-order valence-corrected chi connectivity index (χ4v) is 4.10. The van der Waals surface area contributed by atoms with Crippen molar-refractivity contribution >= 4 is 0 Å². The summed E-state index contributed by atoms with van der Waals surface area (Å²) in [5.41, 5.74) is 9.24. The summed E-state index contributed by atoms with van der Waals surface area (Å²) in [5, 5.41) is 0. The maximum absolute atomic E-state index is 6.29. The van der Waals surface area contributed by atoms with Crippen molar-refractivity contribution < 1.29 is 4.74 Å². The van der Waals surface area contributed by atoms with E-state index in [9.17, 15) is 0 Å². The number of hydrogen-bond acceptors (Lipinski definition) is 3. The van der Waals surface area contributed by atoms with Crippen LogP contribution in [0, 0.1) is 0 Å². The van der Waals surface area contributed by atoms with Gasteiger partial charge in [-0.25, -0.2) is 0 Å². The van der Waals surface area contributed by atoms with Crippen molar-refractivity contribution in [2.75, 3.05) is 19.6 Å². The van der Waals surface area contributed by atoms with E-state index in [-0.39, 0.29) is 17.7 Å². The van der Waals surface area contributed by atoms with Crippen LogP contribution in [0.25, 0.3) is 0 Å². The normalized spacial score (nSPS) is 34.8. The number of rotatable bonds is 2. The summed E-state index contributed by atoms with van der Waals surface area (Å²) in [7, 11) is 0. The molecule has 1 aromatic carbocycles. The van der Waals surface area contributed by atoms with Crippen LogP contribution < -0.4 is 5.73 Å². The molecule has 1 saturated heterocycles. The summed E-state index contributed by atoms with van der Waals surface area (Å²) in [6.45, 7) is 7.00. The zero-order chi connectivity index (χ0) is 14.2. The largest absolute Gasteiger partial charge is 0.373 e. The second kappa shape index (κ2) is 5.47. The van der Waals surface area contributed by atoms with E-state index in [2.05, 4.69) is 43.0 Å². The number of nitrogens with zero attached hydrogens (tertiary/aromatic N) is 1. The highest BCUT2D eigenvalue weighted by Crippen LogP contribution is 2.40. The van der Waals surface area contributed by atoms with E-state index in [0.717, 1.165) is 13.1 Å². The van der Waals surface area contributed by atoms with Gasteiger partial charge in [-0.05, 0) is 44.2 Å². The van der Waals surface area contributed by atoms with Crippen molar-refractivity contribution in [3.63, 3.8) is 0 Å². The van der Waals surface area contributed by atoms with Crippen LogP contribution in [0.2, 0.25) is 0 Å². The van der Waals surface area contributed by atoms with Crippen LogP contribution in [0.5, 0.6) is 0 Å². The van der Waals surface area contributed by atoms with Crippen molar-refractivity contribution in [2.45, 2.75) is 50.9 Å². The van der Waals surface area contributed by atoms with Crippen LogP contribution in [0.4, 0.5) is 0 Å². The van der Waals surface area contributed by atoms with Gasteiger partial charge in [-0.15, -0.1) is 0 Å². The molecule has 2 aliphatic rings. The van der Waals surface area contributed by atoms with Crippen molar-refractivity contribution in [3.05, 3.63) is 35.4 Å². The highest BCUT2D eigenvalue weighted by molar-refractivity contribution is 5.37. The molecule has 0 saturated carbocycles. The molecule has 20 heavy (non-hydrogen) atoms. The SMILES string of the molecule is CC1CN(C2(CN)CCCc3ccccc32)CC(C)O1. The lowest BCUT2D eigenvalue weighted by Gasteiger charge is -2.51. The van der Waals surface area contributed by atoms with Gasteiger partial charge in [0.15, 0.2) is 0 Å². The topological polar surface area (TPSA) is 38.5 Å². The van der Waals surface area contributed by atoms with Crippen molar-refractivity contribution in [1.82, 2.24) is 4.90 Å². The average Bonchev–Trinajstić information content (AvgIpc) is 2.45. The van der Waals surface area contributed by atoms with Gasteiger partial charge in [0, 0.05) is 19.6 Å². The molecule has 0 radical (unpaired) electrons. The van der Waals surface area contributed by atoms with E-state index in [1.165, 1.54) is 30.4 Å². The predicted octanol–water partition coefficient (Wildman–Crippen LogP) is 2.29. The molecule has 3 heteroatoms.